The standard InChI is InChI=1S/C14H12N2O5/c1-15-9(8-17)7-12(16(19)20)13(15)10-5-3-4-6-11(10)14(18)21-2/h3-8H,1-2H3. The fourth-order valence-electron chi connectivity index (χ4n) is 2.15. The summed E-state index contributed by atoms with van der Waals surface area (Å²) in [6.45, 7) is 0. The number of rotatable bonds is 4. The number of ether oxygens (including phenoxy) is 1. The van der Waals surface area contributed by atoms with Crippen LogP contribution in [0, 0.1) is 10.1 Å². The first-order valence-corrected chi connectivity index (χ1v) is 5.98. The van der Waals surface area contributed by atoms with Crippen LogP contribution in [0.2, 0.25) is 0 Å². The number of hydrogen-bond donors (Lipinski definition) is 0. The maximum Gasteiger partial charge on any atom is 0.338 e. The van der Waals surface area contributed by atoms with Crippen molar-refractivity contribution in [1.82, 2.24) is 4.57 Å². The molecule has 0 N–H and O–H groups in total. The molecule has 0 radical (unpaired) electrons. The Labute approximate surface area is 119 Å². The van der Waals surface area contributed by atoms with Crippen LogP contribution in [0.25, 0.3) is 11.3 Å². The minimum Gasteiger partial charge on any atom is -0.465 e. The third kappa shape index (κ3) is 2.40. The van der Waals surface area contributed by atoms with Crippen molar-refractivity contribution >= 4 is 17.9 Å². The molecule has 2 aromatic rings. The highest BCUT2D eigenvalue weighted by atomic mass is 16.6. The molecule has 0 aliphatic heterocycles. The zero-order valence-electron chi connectivity index (χ0n) is 11.4. The van der Waals surface area contributed by atoms with Gasteiger partial charge in [0.05, 0.1) is 23.3 Å². The molecular formula is C14H12N2O5. The maximum absolute atomic E-state index is 11.8. The average Bonchev–Trinajstić information content (AvgIpc) is 2.83. The Morgan fingerprint density at radius 1 is 1.38 bits per heavy atom. The topological polar surface area (TPSA) is 91.4 Å². The molecule has 0 amide bonds. The Kier molecular flexibility index (Phi) is 3.84. The molecule has 7 heteroatoms. The lowest BCUT2D eigenvalue weighted by molar-refractivity contribution is -0.384. The highest BCUT2D eigenvalue weighted by molar-refractivity contribution is 5.98. The smallest absolute Gasteiger partial charge is 0.338 e. The fraction of sp³-hybridized carbons (Fsp3) is 0.143. The number of nitrogens with zero attached hydrogens (tertiary/aromatic N) is 2. The number of carbonyl (C=O) groups is 2. The molecule has 0 fully saturated rings. The van der Waals surface area contributed by atoms with Gasteiger partial charge in [-0.15, -0.1) is 0 Å². The van der Waals surface area contributed by atoms with Crippen LogP contribution in [-0.4, -0.2) is 28.9 Å². The quantitative estimate of drug-likeness (QED) is 0.372. The van der Waals surface area contributed by atoms with E-state index in [0.29, 0.717) is 11.8 Å². The van der Waals surface area contributed by atoms with Crippen LogP contribution < -0.4 is 0 Å². The number of carbonyl (C=O) groups excluding carboxylic acids is 2. The summed E-state index contributed by atoms with van der Waals surface area (Å²) in [6, 6.07) is 7.54. The van der Waals surface area contributed by atoms with Crippen molar-refractivity contribution in [1.29, 1.82) is 0 Å². The van der Waals surface area contributed by atoms with Gasteiger partial charge >= 0.3 is 5.97 Å². The van der Waals surface area contributed by atoms with Crippen molar-refractivity contribution in [2.75, 3.05) is 7.11 Å². The van der Waals surface area contributed by atoms with Gasteiger partial charge in [0.15, 0.2) is 6.29 Å². The minimum atomic E-state index is -0.603. The Morgan fingerprint density at radius 3 is 2.62 bits per heavy atom. The molecule has 2 rings (SSSR count). The highest BCUT2D eigenvalue weighted by Gasteiger charge is 2.26. The number of aldehydes is 1. The molecule has 7 nitrogen and oxygen atoms in total. The van der Waals surface area contributed by atoms with Crippen LogP contribution in [0.15, 0.2) is 30.3 Å². The lowest BCUT2D eigenvalue weighted by atomic mass is 10.0. The molecule has 0 aliphatic rings. The van der Waals surface area contributed by atoms with Crippen molar-refractivity contribution in [3.05, 3.63) is 51.7 Å². The molecule has 1 aromatic heterocycles. The Balaban J connectivity index is 2.78. The van der Waals surface area contributed by atoms with Crippen LogP contribution in [-0.2, 0) is 11.8 Å². The van der Waals surface area contributed by atoms with E-state index in [-0.39, 0.29) is 22.6 Å². The van der Waals surface area contributed by atoms with Gasteiger partial charge in [0, 0.05) is 18.7 Å². The van der Waals surface area contributed by atoms with Crippen molar-refractivity contribution < 1.29 is 19.2 Å². The molecule has 0 unspecified atom stereocenters. The summed E-state index contributed by atoms with van der Waals surface area (Å²) in [5.41, 5.74) is 0.629. The number of esters is 1. The number of methoxy groups -OCH3 is 1. The van der Waals surface area contributed by atoms with E-state index in [2.05, 4.69) is 4.74 Å². The molecule has 0 saturated carbocycles. The largest absolute Gasteiger partial charge is 0.465 e. The summed E-state index contributed by atoms with van der Waals surface area (Å²) in [4.78, 5) is 33.4. The first-order chi connectivity index (χ1) is 10.0. The Hall–Kier alpha value is -2.96. The highest BCUT2D eigenvalue weighted by Crippen LogP contribution is 2.34. The van der Waals surface area contributed by atoms with Crippen molar-refractivity contribution in [3.63, 3.8) is 0 Å². The molecule has 1 aromatic carbocycles. The predicted octanol–water partition coefficient (Wildman–Crippen LogP) is 2.20. The lowest BCUT2D eigenvalue weighted by Gasteiger charge is -2.09. The molecule has 0 saturated heterocycles. The normalized spacial score (nSPS) is 10.2. The van der Waals surface area contributed by atoms with Gasteiger partial charge in [-0.25, -0.2) is 4.79 Å². The van der Waals surface area contributed by atoms with E-state index in [1.165, 1.54) is 30.9 Å². The second-order valence-corrected chi connectivity index (χ2v) is 4.27. The van der Waals surface area contributed by atoms with Crippen LogP contribution in [0.1, 0.15) is 20.8 Å². The number of aromatic nitrogens is 1. The third-order valence-electron chi connectivity index (χ3n) is 3.15. The predicted molar refractivity (Wildman–Crippen MR) is 74.2 cm³/mol. The number of benzene rings is 1. The molecule has 0 bridgehead atoms. The SMILES string of the molecule is COC(=O)c1ccccc1-c1c([N+](=O)[O-])cc(C=O)n1C. The van der Waals surface area contributed by atoms with Gasteiger partial charge in [-0.1, -0.05) is 18.2 Å². The van der Waals surface area contributed by atoms with Gasteiger partial charge in [-0.3, -0.25) is 14.9 Å². The first kappa shape index (κ1) is 14.4. The van der Waals surface area contributed by atoms with E-state index in [0.717, 1.165) is 0 Å². The monoisotopic (exact) mass is 288 g/mol. The van der Waals surface area contributed by atoms with Crippen molar-refractivity contribution in [2.45, 2.75) is 0 Å². The number of nitro groups is 1. The Bertz CT molecular complexity index is 733. The second-order valence-electron chi connectivity index (χ2n) is 4.27. The van der Waals surface area contributed by atoms with Gasteiger partial charge in [-0.2, -0.15) is 0 Å². The lowest BCUT2D eigenvalue weighted by Crippen LogP contribution is -2.06. The third-order valence-corrected chi connectivity index (χ3v) is 3.15. The summed E-state index contributed by atoms with van der Waals surface area (Å²) in [5.74, 6) is -0.603. The van der Waals surface area contributed by atoms with Crippen molar-refractivity contribution in [3.8, 4) is 11.3 Å². The van der Waals surface area contributed by atoms with E-state index < -0.39 is 10.9 Å². The van der Waals surface area contributed by atoms with E-state index in [9.17, 15) is 19.7 Å². The van der Waals surface area contributed by atoms with Crippen LogP contribution in [0.5, 0.6) is 0 Å². The first-order valence-electron chi connectivity index (χ1n) is 5.98. The average molecular weight is 288 g/mol. The summed E-state index contributed by atoms with van der Waals surface area (Å²) in [6.07, 6.45) is 0.525. The summed E-state index contributed by atoms with van der Waals surface area (Å²) < 4.78 is 6.07. The van der Waals surface area contributed by atoms with Crippen LogP contribution in [0.3, 0.4) is 0 Å². The summed E-state index contributed by atoms with van der Waals surface area (Å²) in [7, 11) is 2.76. The van der Waals surface area contributed by atoms with Gasteiger partial charge < -0.3 is 9.30 Å². The van der Waals surface area contributed by atoms with E-state index in [1.54, 1.807) is 18.2 Å². The van der Waals surface area contributed by atoms with Gasteiger partial charge in [0.2, 0.25) is 0 Å². The second kappa shape index (κ2) is 5.58. The minimum absolute atomic E-state index is 0.149. The number of hydrogen-bond acceptors (Lipinski definition) is 5. The molecule has 1 heterocycles. The molecular weight excluding hydrogens is 276 g/mol. The molecule has 0 spiro atoms. The van der Waals surface area contributed by atoms with E-state index in [1.807, 2.05) is 0 Å². The van der Waals surface area contributed by atoms with E-state index >= 15 is 0 Å². The van der Waals surface area contributed by atoms with Crippen LogP contribution >= 0.6 is 0 Å². The van der Waals surface area contributed by atoms with Gasteiger partial charge in [0.1, 0.15) is 5.69 Å². The van der Waals surface area contributed by atoms with Crippen molar-refractivity contribution in [2.24, 2.45) is 7.05 Å². The van der Waals surface area contributed by atoms with E-state index in [4.69, 9.17) is 0 Å². The van der Waals surface area contributed by atoms with Gasteiger partial charge in [0.25, 0.3) is 5.69 Å². The zero-order valence-corrected chi connectivity index (χ0v) is 11.4. The van der Waals surface area contributed by atoms with Crippen LogP contribution in [0.4, 0.5) is 5.69 Å². The fourth-order valence-corrected chi connectivity index (χ4v) is 2.15. The molecule has 0 aliphatic carbocycles. The molecule has 21 heavy (non-hydrogen) atoms. The Morgan fingerprint density at radius 2 is 2.05 bits per heavy atom. The zero-order chi connectivity index (χ0) is 15.6. The molecule has 0 atom stereocenters. The summed E-state index contributed by atoms with van der Waals surface area (Å²) >= 11 is 0. The molecule has 108 valence electrons. The van der Waals surface area contributed by atoms with Gasteiger partial charge in [-0.05, 0) is 6.07 Å². The maximum atomic E-state index is 11.8. The summed E-state index contributed by atoms with van der Waals surface area (Å²) in [5, 5.41) is 11.2.